The third-order valence-corrected chi connectivity index (χ3v) is 6.01. The highest BCUT2D eigenvalue weighted by Crippen LogP contribution is 2.20. The van der Waals surface area contributed by atoms with E-state index < -0.39 is 10.0 Å². The molecular weight excluding hydrogens is 342 g/mol. The van der Waals surface area contributed by atoms with Gasteiger partial charge in [-0.25, -0.2) is 8.42 Å². The van der Waals surface area contributed by atoms with E-state index in [1.165, 1.54) is 28.6 Å². The summed E-state index contributed by atoms with van der Waals surface area (Å²) >= 11 is 0. The van der Waals surface area contributed by atoms with Crippen LogP contribution in [0.4, 0.5) is 0 Å². The average molecular weight is 363 g/mol. The summed E-state index contributed by atoms with van der Waals surface area (Å²) in [5.41, 5.74) is 6.19. The molecule has 0 unspecified atom stereocenters. The fraction of sp³-hybridized carbons (Fsp3) is 0.375. The summed E-state index contributed by atoms with van der Waals surface area (Å²) in [6.45, 7) is 1.77. The van der Waals surface area contributed by atoms with Crippen molar-refractivity contribution in [3.8, 4) is 0 Å². The maximum absolute atomic E-state index is 12.5. The molecule has 1 aliphatic rings. The number of sulfonamides is 1. The van der Waals surface area contributed by atoms with Gasteiger partial charge in [-0.05, 0) is 36.8 Å². The van der Waals surface area contributed by atoms with E-state index in [2.05, 4.69) is 10.4 Å². The highest BCUT2D eigenvalue weighted by atomic mass is 32.2. The Bertz CT molecular complexity index is 818. The monoisotopic (exact) mass is 363 g/mol. The maximum atomic E-state index is 12.5. The van der Waals surface area contributed by atoms with E-state index in [-0.39, 0.29) is 16.8 Å². The highest BCUT2D eigenvalue weighted by Gasteiger charge is 2.30. The molecule has 1 aromatic heterocycles. The number of amides is 1. The first kappa shape index (κ1) is 17.6. The molecule has 0 radical (unpaired) electrons. The van der Waals surface area contributed by atoms with Crippen LogP contribution in [0.25, 0.3) is 0 Å². The first-order chi connectivity index (χ1) is 12.0. The van der Waals surface area contributed by atoms with Crippen molar-refractivity contribution < 1.29 is 13.2 Å². The first-order valence-electron chi connectivity index (χ1n) is 8.08. The van der Waals surface area contributed by atoms with E-state index in [9.17, 15) is 13.2 Å². The smallest absolute Gasteiger partial charge is 0.251 e. The van der Waals surface area contributed by atoms with Gasteiger partial charge in [-0.3, -0.25) is 9.48 Å². The number of rotatable bonds is 6. The van der Waals surface area contributed by atoms with Gasteiger partial charge in [0.2, 0.25) is 10.0 Å². The van der Waals surface area contributed by atoms with Crippen LogP contribution in [-0.4, -0.2) is 54.1 Å². The molecule has 1 fully saturated rings. The van der Waals surface area contributed by atoms with Crippen LogP contribution in [0, 0.1) is 0 Å². The quantitative estimate of drug-likeness (QED) is 0.753. The predicted octanol–water partition coefficient (Wildman–Crippen LogP) is 0.0348. The van der Waals surface area contributed by atoms with Gasteiger partial charge in [0.15, 0.2) is 0 Å². The lowest BCUT2D eigenvalue weighted by Crippen LogP contribution is -2.32. The van der Waals surface area contributed by atoms with Crippen molar-refractivity contribution in [2.75, 3.05) is 19.6 Å². The molecule has 134 valence electrons. The molecular formula is C16H21N5O3S. The van der Waals surface area contributed by atoms with E-state index in [0.29, 0.717) is 38.2 Å². The predicted molar refractivity (Wildman–Crippen MR) is 92.4 cm³/mol. The topological polar surface area (TPSA) is 110 Å². The fourth-order valence-corrected chi connectivity index (χ4v) is 4.23. The molecule has 0 spiro atoms. The van der Waals surface area contributed by atoms with E-state index in [0.717, 1.165) is 0 Å². The molecule has 1 atom stereocenters. The molecule has 9 heteroatoms. The molecule has 3 rings (SSSR count). The summed E-state index contributed by atoms with van der Waals surface area (Å²) in [6.07, 6.45) is 4.15. The molecule has 3 N–H and O–H groups in total. The molecule has 8 nitrogen and oxygen atoms in total. The Balaban J connectivity index is 1.60. The number of carbonyl (C=O) groups excluding carboxylic acids is 1. The molecule has 25 heavy (non-hydrogen) atoms. The van der Waals surface area contributed by atoms with E-state index >= 15 is 0 Å². The largest absolute Gasteiger partial charge is 0.350 e. The molecule has 0 aliphatic carbocycles. The van der Waals surface area contributed by atoms with E-state index in [1.807, 2.05) is 12.3 Å². The van der Waals surface area contributed by atoms with Gasteiger partial charge in [0.05, 0.1) is 11.4 Å². The Kier molecular flexibility index (Phi) is 5.16. The van der Waals surface area contributed by atoms with Crippen LogP contribution >= 0.6 is 0 Å². The summed E-state index contributed by atoms with van der Waals surface area (Å²) < 4.78 is 28.2. The zero-order valence-corrected chi connectivity index (χ0v) is 14.5. The minimum Gasteiger partial charge on any atom is -0.350 e. The van der Waals surface area contributed by atoms with Crippen LogP contribution < -0.4 is 11.1 Å². The van der Waals surface area contributed by atoms with Crippen molar-refractivity contribution in [1.29, 1.82) is 0 Å². The van der Waals surface area contributed by atoms with Crippen molar-refractivity contribution in [3.63, 3.8) is 0 Å². The number of aromatic nitrogens is 2. The lowest BCUT2D eigenvalue weighted by atomic mass is 10.2. The van der Waals surface area contributed by atoms with Gasteiger partial charge in [-0.15, -0.1) is 0 Å². The second-order valence-corrected chi connectivity index (χ2v) is 7.90. The van der Waals surface area contributed by atoms with Crippen molar-refractivity contribution in [2.24, 2.45) is 5.73 Å². The summed E-state index contributed by atoms with van der Waals surface area (Å²) in [6, 6.07) is 7.66. The van der Waals surface area contributed by atoms with Crippen LogP contribution in [0.2, 0.25) is 0 Å². The lowest BCUT2D eigenvalue weighted by Gasteiger charge is -2.16. The third kappa shape index (κ3) is 4.06. The molecule has 2 aromatic rings. The first-order valence-corrected chi connectivity index (χ1v) is 9.52. The van der Waals surface area contributed by atoms with Crippen molar-refractivity contribution in [1.82, 2.24) is 19.4 Å². The SMILES string of the molecule is N[C@H]1CCN(S(=O)(=O)c2ccc(C(=O)NCCn3cccn3)cc2)C1. The third-order valence-electron chi connectivity index (χ3n) is 4.13. The molecule has 1 amide bonds. The van der Waals surface area contributed by atoms with Gasteiger partial charge in [-0.1, -0.05) is 0 Å². The Morgan fingerprint density at radius 3 is 2.68 bits per heavy atom. The number of hydrogen-bond donors (Lipinski definition) is 2. The van der Waals surface area contributed by atoms with Crippen LogP contribution in [0.5, 0.6) is 0 Å². The van der Waals surface area contributed by atoms with Gasteiger partial charge in [0.1, 0.15) is 0 Å². The van der Waals surface area contributed by atoms with Crippen molar-refractivity contribution >= 4 is 15.9 Å². The number of nitrogens with two attached hydrogens (primary N) is 1. The normalized spacial score (nSPS) is 18.4. The summed E-state index contributed by atoms with van der Waals surface area (Å²) in [5, 5.41) is 6.83. The zero-order valence-electron chi connectivity index (χ0n) is 13.7. The fourth-order valence-electron chi connectivity index (χ4n) is 2.72. The summed E-state index contributed by atoms with van der Waals surface area (Å²) in [7, 11) is -3.55. The number of nitrogens with one attached hydrogen (secondary N) is 1. The molecule has 1 saturated heterocycles. The van der Waals surface area contributed by atoms with E-state index in [4.69, 9.17) is 5.73 Å². The highest BCUT2D eigenvalue weighted by molar-refractivity contribution is 7.89. The lowest BCUT2D eigenvalue weighted by molar-refractivity contribution is 0.0952. The van der Waals surface area contributed by atoms with Gasteiger partial charge in [0, 0.05) is 43.6 Å². The van der Waals surface area contributed by atoms with Crippen LogP contribution in [0.15, 0.2) is 47.6 Å². The van der Waals surface area contributed by atoms with Crippen LogP contribution in [0.3, 0.4) is 0 Å². The van der Waals surface area contributed by atoms with Crippen molar-refractivity contribution in [3.05, 3.63) is 48.3 Å². The number of nitrogens with zero attached hydrogens (tertiary/aromatic N) is 3. The molecule has 1 aromatic carbocycles. The molecule has 2 heterocycles. The average Bonchev–Trinajstić information content (AvgIpc) is 3.27. The van der Waals surface area contributed by atoms with Gasteiger partial charge in [0.25, 0.3) is 5.91 Å². The van der Waals surface area contributed by atoms with Crippen LogP contribution in [-0.2, 0) is 16.6 Å². The zero-order chi connectivity index (χ0) is 17.9. The standard InChI is InChI=1S/C16H21N5O3S/c17-14-6-10-21(12-14)25(23,24)15-4-2-13(3-5-15)16(22)18-8-11-20-9-1-7-19-20/h1-5,7,9,14H,6,8,10-12,17H2,(H,18,22)/t14-/m0/s1. The van der Waals surface area contributed by atoms with Gasteiger partial charge >= 0.3 is 0 Å². The van der Waals surface area contributed by atoms with Crippen LogP contribution in [0.1, 0.15) is 16.8 Å². The molecule has 0 bridgehead atoms. The van der Waals surface area contributed by atoms with Crippen molar-refractivity contribution in [2.45, 2.75) is 23.9 Å². The Morgan fingerprint density at radius 2 is 2.08 bits per heavy atom. The number of benzene rings is 1. The second-order valence-electron chi connectivity index (χ2n) is 5.96. The number of carbonyl (C=O) groups is 1. The van der Waals surface area contributed by atoms with E-state index in [1.54, 1.807) is 10.9 Å². The Morgan fingerprint density at radius 1 is 1.32 bits per heavy atom. The minimum atomic E-state index is -3.55. The summed E-state index contributed by atoms with van der Waals surface area (Å²) in [4.78, 5) is 12.3. The van der Waals surface area contributed by atoms with Gasteiger partial charge in [-0.2, -0.15) is 9.40 Å². The molecule has 0 saturated carbocycles. The Labute approximate surface area is 146 Å². The Hall–Kier alpha value is -2.23. The second kappa shape index (κ2) is 7.34. The maximum Gasteiger partial charge on any atom is 0.251 e. The number of hydrogen-bond acceptors (Lipinski definition) is 5. The molecule has 1 aliphatic heterocycles. The minimum absolute atomic E-state index is 0.116. The summed E-state index contributed by atoms with van der Waals surface area (Å²) in [5.74, 6) is -0.251. The van der Waals surface area contributed by atoms with Gasteiger partial charge < -0.3 is 11.1 Å².